The molecule has 0 aliphatic carbocycles. The van der Waals surface area contributed by atoms with Gasteiger partial charge in [0.25, 0.3) is 0 Å². The Balaban J connectivity index is 2.13. The molecule has 0 aromatic heterocycles. The molecule has 0 heterocycles. The quantitative estimate of drug-likeness (QED) is 0.503. The van der Waals surface area contributed by atoms with Crippen LogP contribution in [0.1, 0.15) is 52.4 Å². The van der Waals surface area contributed by atoms with Crippen molar-refractivity contribution in [3.63, 3.8) is 0 Å². The molecular weight excluding hydrogens is 272 g/mol. The zero-order valence-electron chi connectivity index (χ0n) is 13.9. The molecule has 2 aromatic carbocycles. The smallest absolute Gasteiger partial charge is 0.168 e. The Morgan fingerprint density at radius 3 is 2.14 bits per heavy atom. The second kappa shape index (κ2) is 9.34. The molecule has 0 N–H and O–H groups in total. The Morgan fingerprint density at radius 2 is 1.41 bits per heavy atom. The van der Waals surface area contributed by atoms with Crippen LogP contribution >= 0.6 is 0 Å². The molecule has 0 spiro atoms. The molecule has 2 heteroatoms. The monoisotopic (exact) mass is 300 g/mol. The molecule has 120 valence electrons. The maximum atomic E-state index is 6.08. The van der Waals surface area contributed by atoms with Crippen LogP contribution in [-0.4, -0.2) is 13.2 Å². The molecular formula is C20H28O2. The second-order valence-corrected chi connectivity index (χ2v) is 5.73. The first-order valence-electron chi connectivity index (χ1n) is 8.64. The average molecular weight is 300 g/mol. The summed E-state index contributed by atoms with van der Waals surface area (Å²) in [7, 11) is 0. The maximum absolute atomic E-state index is 6.08. The number of ether oxygens (including phenoxy) is 2. The summed E-state index contributed by atoms with van der Waals surface area (Å²) in [5.74, 6) is 1.79. The minimum absolute atomic E-state index is 0.757. The van der Waals surface area contributed by atoms with E-state index in [0.29, 0.717) is 0 Å². The third-order valence-electron chi connectivity index (χ3n) is 3.84. The summed E-state index contributed by atoms with van der Waals surface area (Å²) in [6.45, 7) is 5.93. The van der Waals surface area contributed by atoms with Gasteiger partial charge in [-0.25, -0.2) is 0 Å². The number of fused-ring (bicyclic) bond motifs is 1. The van der Waals surface area contributed by atoms with Crippen LogP contribution in [0, 0.1) is 0 Å². The second-order valence-electron chi connectivity index (χ2n) is 5.73. The van der Waals surface area contributed by atoms with E-state index in [9.17, 15) is 0 Å². The zero-order valence-corrected chi connectivity index (χ0v) is 13.9. The van der Waals surface area contributed by atoms with Gasteiger partial charge in [0.05, 0.1) is 13.2 Å². The summed E-state index contributed by atoms with van der Waals surface area (Å²) >= 11 is 0. The Kier molecular flexibility index (Phi) is 7.08. The molecule has 0 bridgehead atoms. The van der Waals surface area contributed by atoms with Gasteiger partial charge >= 0.3 is 0 Å². The van der Waals surface area contributed by atoms with E-state index in [0.717, 1.165) is 42.9 Å². The molecule has 0 saturated carbocycles. The van der Waals surface area contributed by atoms with Gasteiger partial charge in [0.1, 0.15) is 0 Å². The van der Waals surface area contributed by atoms with Gasteiger partial charge in [-0.1, -0.05) is 69.9 Å². The SMILES string of the molecule is CCCCCOc1ccc2ccccc2c1OCCCCC. The first-order valence-corrected chi connectivity index (χ1v) is 8.64. The summed E-state index contributed by atoms with van der Waals surface area (Å²) in [6.07, 6.45) is 7.02. The summed E-state index contributed by atoms with van der Waals surface area (Å²) in [4.78, 5) is 0. The Morgan fingerprint density at radius 1 is 0.727 bits per heavy atom. The molecule has 0 fully saturated rings. The molecule has 2 aromatic rings. The van der Waals surface area contributed by atoms with Crippen molar-refractivity contribution in [2.75, 3.05) is 13.2 Å². The normalized spacial score (nSPS) is 10.8. The summed E-state index contributed by atoms with van der Waals surface area (Å²) in [5.41, 5.74) is 0. The van der Waals surface area contributed by atoms with Crippen LogP contribution in [0.4, 0.5) is 0 Å². The highest BCUT2D eigenvalue weighted by atomic mass is 16.5. The lowest BCUT2D eigenvalue weighted by Crippen LogP contribution is -2.03. The highest BCUT2D eigenvalue weighted by Gasteiger charge is 2.10. The van der Waals surface area contributed by atoms with Gasteiger partial charge in [0, 0.05) is 5.39 Å². The van der Waals surface area contributed by atoms with Crippen LogP contribution in [0.2, 0.25) is 0 Å². The van der Waals surface area contributed by atoms with Crippen molar-refractivity contribution in [2.24, 2.45) is 0 Å². The number of benzene rings is 2. The van der Waals surface area contributed by atoms with Crippen LogP contribution in [0.25, 0.3) is 10.8 Å². The van der Waals surface area contributed by atoms with Gasteiger partial charge in [-0.15, -0.1) is 0 Å². The van der Waals surface area contributed by atoms with Gasteiger partial charge in [-0.2, -0.15) is 0 Å². The van der Waals surface area contributed by atoms with E-state index in [1.165, 1.54) is 31.1 Å². The van der Waals surface area contributed by atoms with Crippen LogP contribution in [0.5, 0.6) is 11.5 Å². The lowest BCUT2D eigenvalue weighted by atomic mass is 10.1. The minimum atomic E-state index is 0.757. The fraction of sp³-hybridized carbons (Fsp3) is 0.500. The van der Waals surface area contributed by atoms with Crippen molar-refractivity contribution >= 4 is 10.8 Å². The minimum Gasteiger partial charge on any atom is -0.490 e. The summed E-state index contributed by atoms with van der Waals surface area (Å²) in [6, 6.07) is 12.5. The third kappa shape index (κ3) is 4.66. The highest BCUT2D eigenvalue weighted by molar-refractivity contribution is 5.90. The molecule has 0 atom stereocenters. The van der Waals surface area contributed by atoms with E-state index < -0.39 is 0 Å². The fourth-order valence-electron chi connectivity index (χ4n) is 2.55. The number of hydrogen-bond donors (Lipinski definition) is 0. The van der Waals surface area contributed by atoms with Gasteiger partial charge in [-0.3, -0.25) is 0 Å². The molecule has 0 saturated heterocycles. The Bertz CT molecular complexity index is 563. The van der Waals surface area contributed by atoms with Crippen molar-refractivity contribution in [1.29, 1.82) is 0 Å². The first-order chi connectivity index (χ1) is 10.9. The number of rotatable bonds is 10. The lowest BCUT2D eigenvalue weighted by Gasteiger charge is -2.15. The number of hydrogen-bond acceptors (Lipinski definition) is 2. The van der Waals surface area contributed by atoms with E-state index in [1.807, 2.05) is 6.07 Å². The molecule has 0 amide bonds. The van der Waals surface area contributed by atoms with E-state index in [4.69, 9.17) is 9.47 Å². The Labute approximate surface area is 134 Å². The van der Waals surface area contributed by atoms with E-state index in [1.54, 1.807) is 0 Å². The predicted molar refractivity (Wildman–Crippen MR) is 94.0 cm³/mol. The van der Waals surface area contributed by atoms with E-state index in [2.05, 4.69) is 44.2 Å². The largest absolute Gasteiger partial charge is 0.490 e. The first kappa shape index (κ1) is 16.7. The average Bonchev–Trinajstić information content (AvgIpc) is 2.56. The van der Waals surface area contributed by atoms with Gasteiger partial charge in [-0.05, 0) is 24.3 Å². The fourth-order valence-corrected chi connectivity index (χ4v) is 2.55. The van der Waals surface area contributed by atoms with Crippen LogP contribution in [0.3, 0.4) is 0 Å². The molecule has 0 aliphatic rings. The van der Waals surface area contributed by atoms with Crippen molar-refractivity contribution in [2.45, 2.75) is 52.4 Å². The topological polar surface area (TPSA) is 18.5 Å². The van der Waals surface area contributed by atoms with Crippen molar-refractivity contribution in [1.82, 2.24) is 0 Å². The number of unbranched alkanes of at least 4 members (excludes halogenated alkanes) is 4. The molecule has 2 nitrogen and oxygen atoms in total. The van der Waals surface area contributed by atoms with Gasteiger partial charge in [0.15, 0.2) is 11.5 Å². The molecule has 2 rings (SSSR count). The van der Waals surface area contributed by atoms with Gasteiger partial charge in [0.2, 0.25) is 0 Å². The zero-order chi connectivity index (χ0) is 15.6. The molecule has 0 radical (unpaired) electrons. The van der Waals surface area contributed by atoms with Crippen LogP contribution < -0.4 is 9.47 Å². The standard InChI is InChI=1S/C20H28O2/c1-3-5-9-15-21-19-14-13-17-11-7-8-12-18(17)20(19)22-16-10-6-4-2/h7-8,11-14H,3-6,9-10,15-16H2,1-2H3. The predicted octanol–water partition coefficient (Wildman–Crippen LogP) is 5.98. The van der Waals surface area contributed by atoms with Gasteiger partial charge < -0.3 is 9.47 Å². The van der Waals surface area contributed by atoms with E-state index >= 15 is 0 Å². The molecule has 22 heavy (non-hydrogen) atoms. The summed E-state index contributed by atoms with van der Waals surface area (Å²) in [5, 5.41) is 2.35. The maximum Gasteiger partial charge on any atom is 0.168 e. The van der Waals surface area contributed by atoms with Crippen LogP contribution in [-0.2, 0) is 0 Å². The highest BCUT2D eigenvalue weighted by Crippen LogP contribution is 2.36. The lowest BCUT2D eigenvalue weighted by molar-refractivity contribution is 0.262. The van der Waals surface area contributed by atoms with E-state index in [-0.39, 0.29) is 0 Å². The van der Waals surface area contributed by atoms with Crippen molar-refractivity contribution < 1.29 is 9.47 Å². The molecule has 0 unspecified atom stereocenters. The van der Waals surface area contributed by atoms with Crippen molar-refractivity contribution in [3.05, 3.63) is 36.4 Å². The van der Waals surface area contributed by atoms with Crippen molar-refractivity contribution in [3.8, 4) is 11.5 Å². The van der Waals surface area contributed by atoms with Crippen LogP contribution in [0.15, 0.2) is 36.4 Å². The summed E-state index contributed by atoms with van der Waals surface area (Å²) < 4.78 is 12.1. The molecule has 0 aliphatic heterocycles. The third-order valence-corrected chi connectivity index (χ3v) is 3.84. The Hall–Kier alpha value is -1.70.